The monoisotopic (exact) mass is 259 g/mol. The fraction of sp³-hybridized carbons (Fsp3) is 1.00. The molecular weight excluding hydrogens is 238 g/mol. The molecule has 0 N–H and O–H groups in total. The summed E-state index contributed by atoms with van der Waals surface area (Å²) in [5.41, 5.74) is 0. The molecule has 82 valence electrons. The van der Waals surface area contributed by atoms with Crippen LogP contribution in [0.25, 0.3) is 0 Å². The summed E-state index contributed by atoms with van der Waals surface area (Å²) in [6.07, 6.45) is 8.82. The molecule has 0 radical (unpaired) electrons. The van der Waals surface area contributed by atoms with Crippen molar-refractivity contribution in [3.8, 4) is 0 Å². The quantitative estimate of drug-likeness (QED) is 0.704. The number of alkyl halides is 1. The normalized spacial score (nSPS) is 31.1. The second-order valence-corrected chi connectivity index (χ2v) is 5.72. The van der Waals surface area contributed by atoms with Gasteiger partial charge in [-0.2, -0.15) is 0 Å². The van der Waals surface area contributed by atoms with Crippen molar-refractivity contribution in [2.24, 2.45) is 11.8 Å². The lowest BCUT2D eigenvalue weighted by Crippen LogP contribution is -2.38. The standard InChI is InChI=1S/C12H22BrN/c13-8-12-6-3-7-14(10-12)9-11-4-1-2-5-11/h11-12H,1-10H2. The first-order valence-corrected chi connectivity index (χ1v) is 7.29. The fourth-order valence-electron chi connectivity index (χ4n) is 3.00. The van der Waals surface area contributed by atoms with Gasteiger partial charge in [0.2, 0.25) is 0 Å². The van der Waals surface area contributed by atoms with Crippen LogP contribution in [0, 0.1) is 11.8 Å². The molecule has 1 saturated carbocycles. The first-order valence-electron chi connectivity index (χ1n) is 6.17. The van der Waals surface area contributed by atoms with E-state index in [-0.39, 0.29) is 0 Å². The van der Waals surface area contributed by atoms with Gasteiger partial charge in [-0.05, 0) is 44.1 Å². The van der Waals surface area contributed by atoms with Crippen LogP contribution in [-0.2, 0) is 0 Å². The average molecular weight is 260 g/mol. The van der Waals surface area contributed by atoms with Crippen molar-refractivity contribution in [1.82, 2.24) is 4.90 Å². The maximum atomic E-state index is 3.62. The van der Waals surface area contributed by atoms with Gasteiger partial charge in [0.1, 0.15) is 0 Å². The second kappa shape index (κ2) is 5.50. The van der Waals surface area contributed by atoms with E-state index in [1.54, 1.807) is 0 Å². The molecule has 0 aromatic heterocycles. The van der Waals surface area contributed by atoms with Crippen LogP contribution in [0.4, 0.5) is 0 Å². The maximum Gasteiger partial charge on any atom is 0.00718 e. The zero-order valence-corrected chi connectivity index (χ0v) is 10.6. The predicted molar refractivity (Wildman–Crippen MR) is 64.9 cm³/mol. The molecule has 0 amide bonds. The van der Waals surface area contributed by atoms with Crippen molar-refractivity contribution in [2.75, 3.05) is 25.0 Å². The maximum absolute atomic E-state index is 3.62. The van der Waals surface area contributed by atoms with E-state index in [0.29, 0.717) is 0 Å². The zero-order valence-electron chi connectivity index (χ0n) is 9.05. The van der Waals surface area contributed by atoms with Crippen molar-refractivity contribution in [3.63, 3.8) is 0 Å². The van der Waals surface area contributed by atoms with Gasteiger partial charge in [-0.15, -0.1) is 0 Å². The molecule has 0 aromatic rings. The van der Waals surface area contributed by atoms with E-state index in [0.717, 1.165) is 11.8 Å². The summed E-state index contributed by atoms with van der Waals surface area (Å²) in [4.78, 5) is 2.71. The average Bonchev–Trinajstić information content (AvgIpc) is 2.71. The minimum Gasteiger partial charge on any atom is -0.303 e. The molecule has 0 bridgehead atoms. The third-order valence-electron chi connectivity index (χ3n) is 3.81. The summed E-state index contributed by atoms with van der Waals surface area (Å²) >= 11 is 3.62. The van der Waals surface area contributed by atoms with Gasteiger partial charge in [-0.1, -0.05) is 28.8 Å². The van der Waals surface area contributed by atoms with E-state index in [2.05, 4.69) is 20.8 Å². The third kappa shape index (κ3) is 2.96. The zero-order chi connectivity index (χ0) is 9.80. The van der Waals surface area contributed by atoms with Gasteiger partial charge >= 0.3 is 0 Å². The van der Waals surface area contributed by atoms with E-state index < -0.39 is 0 Å². The molecule has 1 unspecified atom stereocenters. The lowest BCUT2D eigenvalue weighted by atomic mass is 9.98. The van der Waals surface area contributed by atoms with Crippen LogP contribution in [0.2, 0.25) is 0 Å². The number of piperidine rings is 1. The molecule has 1 atom stereocenters. The highest BCUT2D eigenvalue weighted by Gasteiger charge is 2.23. The third-order valence-corrected chi connectivity index (χ3v) is 4.73. The first kappa shape index (κ1) is 10.9. The van der Waals surface area contributed by atoms with Crippen LogP contribution >= 0.6 is 15.9 Å². The molecule has 1 nitrogen and oxygen atoms in total. The Bertz CT molecular complexity index is 166. The summed E-state index contributed by atoms with van der Waals surface area (Å²) < 4.78 is 0. The smallest absolute Gasteiger partial charge is 0.00718 e. The number of rotatable bonds is 3. The highest BCUT2D eigenvalue weighted by molar-refractivity contribution is 9.09. The summed E-state index contributed by atoms with van der Waals surface area (Å²) in [5, 5.41) is 1.20. The molecular formula is C12H22BrN. The lowest BCUT2D eigenvalue weighted by molar-refractivity contribution is 0.162. The molecule has 14 heavy (non-hydrogen) atoms. The molecule has 2 heteroatoms. The molecule has 1 saturated heterocycles. The van der Waals surface area contributed by atoms with Crippen LogP contribution in [-0.4, -0.2) is 29.9 Å². The summed E-state index contributed by atoms with van der Waals surface area (Å²) in [7, 11) is 0. The Kier molecular flexibility index (Phi) is 4.30. The highest BCUT2D eigenvalue weighted by Crippen LogP contribution is 2.27. The van der Waals surface area contributed by atoms with Crippen LogP contribution < -0.4 is 0 Å². The second-order valence-electron chi connectivity index (χ2n) is 5.07. The number of nitrogens with zero attached hydrogens (tertiary/aromatic N) is 1. The molecule has 1 heterocycles. The van der Waals surface area contributed by atoms with E-state index >= 15 is 0 Å². The van der Waals surface area contributed by atoms with Crippen molar-refractivity contribution in [1.29, 1.82) is 0 Å². The SMILES string of the molecule is BrCC1CCCN(CC2CCCC2)C1. The van der Waals surface area contributed by atoms with Gasteiger partial charge in [0.25, 0.3) is 0 Å². The van der Waals surface area contributed by atoms with E-state index in [9.17, 15) is 0 Å². The van der Waals surface area contributed by atoms with E-state index in [4.69, 9.17) is 0 Å². The molecule has 0 aromatic carbocycles. The Morgan fingerprint density at radius 3 is 2.43 bits per heavy atom. The molecule has 1 aliphatic carbocycles. The Hall–Kier alpha value is 0.440. The van der Waals surface area contributed by atoms with Crippen LogP contribution in [0.15, 0.2) is 0 Å². The molecule has 2 fully saturated rings. The van der Waals surface area contributed by atoms with Crippen LogP contribution in [0.5, 0.6) is 0 Å². The summed E-state index contributed by atoms with van der Waals surface area (Å²) in [5.74, 6) is 1.95. The number of halogens is 1. The Labute approximate surface area is 96.4 Å². The van der Waals surface area contributed by atoms with Crippen molar-refractivity contribution in [2.45, 2.75) is 38.5 Å². The number of hydrogen-bond donors (Lipinski definition) is 0. The Morgan fingerprint density at radius 1 is 1.00 bits per heavy atom. The predicted octanol–water partition coefficient (Wildman–Crippen LogP) is 3.28. The van der Waals surface area contributed by atoms with E-state index in [1.165, 1.54) is 63.5 Å². The van der Waals surface area contributed by atoms with Gasteiger partial charge in [0.05, 0.1) is 0 Å². The van der Waals surface area contributed by atoms with Gasteiger partial charge in [0.15, 0.2) is 0 Å². The van der Waals surface area contributed by atoms with Crippen LogP contribution in [0.1, 0.15) is 38.5 Å². The van der Waals surface area contributed by atoms with Gasteiger partial charge < -0.3 is 4.90 Å². The van der Waals surface area contributed by atoms with Gasteiger partial charge in [-0.25, -0.2) is 0 Å². The minimum atomic E-state index is 0.921. The highest BCUT2D eigenvalue weighted by atomic mass is 79.9. The van der Waals surface area contributed by atoms with Gasteiger partial charge in [0, 0.05) is 18.4 Å². The topological polar surface area (TPSA) is 3.24 Å². The summed E-state index contributed by atoms with van der Waals surface area (Å²) in [6, 6.07) is 0. The molecule has 1 aliphatic heterocycles. The Morgan fingerprint density at radius 2 is 1.71 bits per heavy atom. The Balaban J connectivity index is 1.73. The van der Waals surface area contributed by atoms with Crippen molar-refractivity contribution < 1.29 is 0 Å². The number of likely N-dealkylation sites (tertiary alicyclic amines) is 1. The van der Waals surface area contributed by atoms with Crippen LogP contribution in [0.3, 0.4) is 0 Å². The fourth-order valence-corrected chi connectivity index (χ4v) is 3.53. The lowest BCUT2D eigenvalue weighted by Gasteiger charge is -2.33. The molecule has 0 spiro atoms. The van der Waals surface area contributed by atoms with Crippen molar-refractivity contribution in [3.05, 3.63) is 0 Å². The minimum absolute atomic E-state index is 0.921. The van der Waals surface area contributed by atoms with Gasteiger partial charge in [-0.3, -0.25) is 0 Å². The molecule has 2 rings (SSSR count). The molecule has 2 aliphatic rings. The number of hydrogen-bond acceptors (Lipinski definition) is 1. The van der Waals surface area contributed by atoms with E-state index in [1.807, 2.05) is 0 Å². The van der Waals surface area contributed by atoms with Crippen molar-refractivity contribution >= 4 is 15.9 Å². The summed E-state index contributed by atoms with van der Waals surface area (Å²) in [6.45, 7) is 4.10. The first-order chi connectivity index (χ1) is 6.88. The largest absolute Gasteiger partial charge is 0.303 e.